The topological polar surface area (TPSA) is 26.3 Å². The third-order valence-corrected chi connectivity index (χ3v) is 3.02. The Kier molecular flexibility index (Phi) is 3.17. The van der Waals surface area contributed by atoms with Crippen molar-refractivity contribution < 1.29 is 9.53 Å². The van der Waals surface area contributed by atoms with Gasteiger partial charge in [0.1, 0.15) is 12.4 Å². The number of aldehydes is 1. The highest BCUT2D eigenvalue weighted by Crippen LogP contribution is 2.29. The summed E-state index contributed by atoms with van der Waals surface area (Å²) >= 11 is 0. The molecule has 0 amide bonds. The Morgan fingerprint density at radius 2 is 2.07 bits per heavy atom. The van der Waals surface area contributed by atoms with Gasteiger partial charge in [0, 0.05) is 6.61 Å². The molecule has 15 heavy (non-hydrogen) atoms. The minimum atomic E-state index is -0.204. The predicted molar refractivity (Wildman–Crippen MR) is 59.0 cm³/mol. The average Bonchev–Trinajstić information content (AvgIpc) is 2.30. The maximum absolute atomic E-state index is 10.7. The number of rotatable bonds is 2. The largest absolute Gasteiger partial charge is 0.371 e. The molecule has 1 aromatic rings. The van der Waals surface area contributed by atoms with Crippen molar-refractivity contribution >= 4 is 6.29 Å². The van der Waals surface area contributed by atoms with Crippen LogP contribution in [0.25, 0.3) is 0 Å². The maximum Gasteiger partial charge on any atom is 0.148 e. The Balaban J connectivity index is 2.09. The van der Waals surface area contributed by atoms with E-state index < -0.39 is 0 Å². The van der Waals surface area contributed by atoms with Gasteiger partial charge in [-0.05, 0) is 31.2 Å². The van der Waals surface area contributed by atoms with Crippen molar-refractivity contribution in [2.75, 3.05) is 6.61 Å². The summed E-state index contributed by atoms with van der Waals surface area (Å²) in [6, 6.07) is 8.57. The molecule has 0 bridgehead atoms. The second-order valence-electron chi connectivity index (χ2n) is 4.18. The van der Waals surface area contributed by atoms with Crippen LogP contribution in [0.5, 0.6) is 0 Å². The lowest BCUT2D eigenvalue weighted by Crippen LogP contribution is -2.25. The van der Waals surface area contributed by atoms with Gasteiger partial charge < -0.3 is 9.53 Å². The standard InChI is InChI=1S/C13H16O2/c1-10-2-4-11(5-3-10)12-6-7-15-13(8-12)9-14/h2-5,9,12-13H,6-8H2,1H3. The highest BCUT2D eigenvalue weighted by atomic mass is 16.5. The van der Waals surface area contributed by atoms with E-state index in [1.807, 2.05) is 0 Å². The highest BCUT2D eigenvalue weighted by Gasteiger charge is 2.22. The van der Waals surface area contributed by atoms with E-state index in [0.717, 1.165) is 19.1 Å². The molecule has 0 aromatic heterocycles. The van der Waals surface area contributed by atoms with Crippen LogP contribution in [0, 0.1) is 6.92 Å². The van der Waals surface area contributed by atoms with Crippen molar-refractivity contribution in [1.29, 1.82) is 0 Å². The Bertz CT molecular complexity index is 329. The summed E-state index contributed by atoms with van der Waals surface area (Å²) in [5.74, 6) is 0.481. The minimum absolute atomic E-state index is 0.204. The summed E-state index contributed by atoms with van der Waals surface area (Å²) in [7, 11) is 0. The first kappa shape index (κ1) is 10.4. The quantitative estimate of drug-likeness (QED) is 0.692. The summed E-state index contributed by atoms with van der Waals surface area (Å²) < 4.78 is 5.33. The lowest BCUT2D eigenvalue weighted by Gasteiger charge is -2.26. The number of aryl methyl sites for hydroxylation is 1. The molecular formula is C13H16O2. The molecule has 1 heterocycles. The van der Waals surface area contributed by atoms with Gasteiger partial charge in [-0.2, -0.15) is 0 Å². The molecule has 1 saturated heterocycles. The van der Waals surface area contributed by atoms with Gasteiger partial charge in [0.25, 0.3) is 0 Å². The molecule has 2 rings (SSSR count). The van der Waals surface area contributed by atoms with Crippen molar-refractivity contribution in [3.63, 3.8) is 0 Å². The fourth-order valence-corrected chi connectivity index (χ4v) is 2.06. The van der Waals surface area contributed by atoms with E-state index in [4.69, 9.17) is 4.74 Å². The van der Waals surface area contributed by atoms with Crippen LogP contribution in [0.1, 0.15) is 29.9 Å². The van der Waals surface area contributed by atoms with Crippen LogP contribution in [0.2, 0.25) is 0 Å². The summed E-state index contributed by atoms with van der Waals surface area (Å²) in [6.45, 7) is 2.78. The number of carbonyl (C=O) groups excluding carboxylic acids is 1. The minimum Gasteiger partial charge on any atom is -0.371 e. The molecule has 0 aliphatic carbocycles. The molecule has 2 nitrogen and oxygen atoms in total. The zero-order valence-electron chi connectivity index (χ0n) is 8.98. The van der Waals surface area contributed by atoms with Crippen molar-refractivity contribution in [3.05, 3.63) is 35.4 Å². The molecule has 0 radical (unpaired) electrons. The summed E-state index contributed by atoms with van der Waals surface area (Å²) in [5, 5.41) is 0. The molecular weight excluding hydrogens is 188 g/mol. The zero-order valence-corrected chi connectivity index (χ0v) is 8.98. The first-order valence-corrected chi connectivity index (χ1v) is 5.43. The number of hydrogen-bond acceptors (Lipinski definition) is 2. The molecule has 0 spiro atoms. The van der Waals surface area contributed by atoms with Gasteiger partial charge >= 0.3 is 0 Å². The normalized spacial score (nSPS) is 26.2. The molecule has 0 N–H and O–H groups in total. The SMILES string of the molecule is Cc1ccc(C2CCOC(C=O)C2)cc1. The van der Waals surface area contributed by atoms with E-state index >= 15 is 0 Å². The van der Waals surface area contributed by atoms with Crippen LogP contribution in [0.3, 0.4) is 0 Å². The fraction of sp³-hybridized carbons (Fsp3) is 0.462. The number of ether oxygens (including phenoxy) is 1. The highest BCUT2D eigenvalue weighted by molar-refractivity contribution is 5.56. The Hall–Kier alpha value is -1.15. The Morgan fingerprint density at radius 3 is 2.73 bits per heavy atom. The van der Waals surface area contributed by atoms with E-state index in [0.29, 0.717) is 12.5 Å². The molecule has 2 unspecified atom stereocenters. The number of carbonyl (C=O) groups is 1. The van der Waals surface area contributed by atoms with Gasteiger partial charge in [0.15, 0.2) is 0 Å². The lowest BCUT2D eigenvalue weighted by molar-refractivity contribution is -0.121. The summed E-state index contributed by atoms with van der Waals surface area (Å²) in [5.41, 5.74) is 2.61. The van der Waals surface area contributed by atoms with E-state index in [-0.39, 0.29) is 6.10 Å². The average molecular weight is 204 g/mol. The molecule has 1 aliphatic rings. The van der Waals surface area contributed by atoms with E-state index in [1.54, 1.807) is 0 Å². The van der Waals surface area contributed by atoms with Crippen molar-refractivity contribution in [2.24, 2.45) is 0 Å². The molecule has 2 heteroatoms. The van der Waals surface area contributed by atoms with Crippen LogP contribution in [0.4, 0.5) is 0 Å². The lowest BCUT2D eigenvalue weighted by atomic mass is 9.88. The van der Waals surface area contributed by atoms with Crippen LogP contribution in [-0.4, -0.2) is 19.0 Å². The third kappa shape index (κ3) is 2.45. The molecule has 0 saturated carbocycles. The molecule has 1 fully saturated rings. The van der Waals surface area contributed by atoms with E-state index in [9.17, 15) is 4.79 Å². The number of benzene rings is 1. The molecule has 1 aromatic carbocycles. The van der Waals surface area contributed by atoms with Crippen molar-refractivity contribution in [1.82, 2.24) is 0 Å². The summed E-state index contributed by atoms with van der Waals surface area (Å²) in [6.07, 6.45) is 2.56. The van der Waals surface area contributed by atoms with Crippen LogP contribution < -0.4 is 0 Å². The monoisotopic (exact) mass is 204 g/mol. The van der Waals surface area contributed by atoms with Gasteiger partial charge in [-0.1, -0.05) is 29.8 Å². The van der Waals surface area contributed by atoms with Gasteiger partial charge in [-0.15, -0.1) is 0 Å². The molecule has 80 valence electrons. The van der Waals surface area contributed by atoms with Crippen LogP contribution in [-0.2, 0) is 9.53 Å². The van der Waals surface area contributed by atoms with Crippen LogP contribution >= 0.6 is 0 Å². The molecule has 2 atom stereocenters. The molecule has 1 aliphatic heterocycles. The smallest absolute Gasteiger partial charge is 0.148 e. The summed E-state index contributed by atoms with van der Waals surface area (Å²) in [4.78, 5) is 10.7. The third-order valence-electron chi connectivity index (χ3n) is 3.02. The van der Waals surface area contributed by atoms with Gasteiger partial charge in [0.2, 0.25) is 0 Å². The fourth-order valence-electron chi connectivity index (χ4n) is 2.06. The van der Waals surface area contributed by atoms with Crippen molar-refractivity contribution in [3.8, 4) is 0 Å². The van der Waals surface area contributed by atoms with Gasteiger partial charge in [-0.25, -0.2) is 0 Å². The van der Waals surface area contributed by atoms with Gasteiger partial charge in [-0.3, -0.25) is 0 Å². The van der Waals surface area contributed by atoms with Crippen molar-refractivity contribution in [2.45, 2.75) is 31.8 Å². The van der Waals surface area contributed by atoms with E-state index in [1.165, 1.54) is 11.1 Å². The first-order valence-electron chi connectivity index (χ1n) is 5.43. The number of hydrogen-bond donors (Lipinski definition) is 0. The second kappa shape index (κ2) is 4.58. The Labute approximate surface area is 90.3 Å². The van der Waals surface area contributed by atoms with Crippen LogP contribution in [0.15, 0.2) is 24.3 Å². The van der Waals surface area contributed by atoms with E-state index in [2.05, 4.69) is 31.2 Å². The second-order valence-corrected chi connectivity index (χ2v) is 4.18. The van der Waals surface area contributed by atoms with Gasteiger partial charge in [0.05, 0.1) is 0 Å². The zero-order chi connectivity index (χ0) is 10.7. The Morgan fingerprint density at radius 1 is 1.33 bits per heavy atom. The maximum atomic E-state index is 10.7. The first-order chi connectivity index (χ1) is 7.29. The predicted octanol–water partition coefficient (Wildman–Crippen LogP) is 2.46.